The van der Waals surface area contributed by atoms with E-state index in [9.17, 15) is 10.1 Å². The van der Waals surface area contributed by atoms with Gasteiger partial charge in [-0.15, -0.1) is 0 Å². The maximum Gasteiger partial charge on any atom is 0.269 e. The molecule has 0 saturated carbocycles. The van der Waals surface area contributed by atoms with Gasteiger partial charge in [-0.3, -0.25) is 10.1 Å². The minimum atomic E-state index is -0.429. The van der Waals surface area contributed by atoms with Crippen LogP contribution in [0.15, 0.2) is 74.7 Å². The second-order valence-electron chi connectivity index (χ2n) is 6.21. The molecule has 0 spiro atoms. The van der Waals surface area contributed by atoms with E-state index in [0.717, 1.165) is 25.6 Å². The Balaban J connectivity index is 1.60. The molecule has 0 fully saturated rings. The summed E-state index contributed by atoms with van der Waals surface area (Å²) in [5, 5.41) is 15.7. The number of non-ortho nitro benzene ring substituents is 1. The molecule has 0 unspecified atom stereocenters. The number of nitro groups is 1. The first-order valence-corrected chi connectivity index (χ1v) is 10.7. The summed E-state index contributed by atoms with van der Waals surface area (Å²) in [6, 6.07) is 17.6. The van der Waals surface area contributed by atoms with Gasteiger partial charge in [0.1, 0.15) is 12.4 Å². The fraction of sp³-hybridized carbons (Fsp3) is 0.0952. The lowest BCUT2D eigenvalue weighted by atomic mass is 10.2. The maximum atomic E-state index is 10.7. The Morgan fingerprint density at radius 3 is 2.40 bits per heavy atom. The third-order valence-corrected chi connectivity index (χ3v) is 5.63. The summed E-state index contributed by atoms with van der Waals surface area (Å²) in [5.74, 6) is 0.634. The maximum absolute atomic E-state index is 10.7. The fourth-order valence-electron chi connectivity index (χ4n) is 2.55. The molecular weight excluding hydrogens is 538 g/mol. The van der Waals surface area contributed by atoms with Crippen molar-refractivity contribution in [1.82, 2.24) is 5.43 Å². The van der Waals surface area contributed by atoms with Crippen LogP contribution in [0.4, 0.5) is 5.69 Å². The van der Waals surface area contributed by atoms with E-state index in [1.54, 1.807) is 18.3 Å². The zero-order chi connectivity index (χ0) is 21.5. The smallest absolute Gasteiger partial charge is 0.269 e. The van der Waals surface area contributed by atoms with Crippen LogP contribution in [0.25, 0.3) is 0 Å². The first-order valence-electron chi connectivity index (χ1n) is 8.78. The number of nitrogens with one attached hydrogen (secondary N) is 1. The van der Waals surface area contributed by atoms with Crippen molar-refractivity contribution in [2.24, 2.45) is 5.10 Å². The van der Waals surface area contributed by atoms with Gasteiger partial charge < -0.3 is 10.2 Å². The largest absolute Gasteiger partial charge is 0.487 e. The van der Waals surface area contributed by atoms with Gasteiger partial charge in [0.25, 0.3) is 5.69 Å². The molecule has 3 aromatic rings. The number of nitrogens with zero attached hydrogens (tertiary/aromatic N) is 2. The summed E-state index contributed by atoms with van der Waals surface area (Å²) in [5.41, 5.74) is 5.69. The van der Waals surface area contributed by atoms with E-state index in [-0.39, 0.29) is 12.3 Å². The Morgan fingerprint density at radius 1 is 1.10 bits per heavy atom. The molecule has 0 aliphatic carbocycles. The van der Waals surface area contributed by atoms with Crippen LogP contribution in [-0.4, -0.2) is 11.1 Å². The summed E-state index contributed by atoms with van der Waals surface area (Å²) < 4.78 is 7.38. The van der Waals surface area contributed by atoms with E-state index < -0.39 is 4.92 Å². The molecule has 154 valence electrons. The van der Waals surface area contributed by atoms with E-state index in [2.05, 4.69) is 42.4 Å². The third-order valence-electron chi connectivity index (χ3n) is 4.08. The van der Waals surface area contributed by atoms with E-state index in [1.807, 2.05) is 36.4 Å². The van der Waals surface area contributed by atoms with Crippen LogP contribution in [0.5, 0.6) is 5.75 Å². The quantitative estimate of drug-likeness (QED) is 0.197. The Labute approximate surface area is 195 Å². The number of hydrogen-bond donors (Lipinski definition) is 1. The van der Waals surface area contributed by atoms with Gasteiger partial charge in [0.2, 0.25) is 0 Å². The minimum absolute atomic E-state index is 0.0490. The molecule has 0 aliphatic heterocycles. The molecule has 0 bridgehead atoms. The lowest BCUT2D eigenvalue weighted by Gasteiger charge is -2.11. The zero-order valence-electron chi connectivity index (χ0n) is 15.5. The highest BCUT2D eigenvalue weighted by molar-refractivity contribution is 9.11. The van der Waals surface area contributed by atoms with Crippen LogP contribution in [0, 0.1) is 10.1 Å². The van der Waals surface area contributed by atoms with E-state index in [1.165, 1.54) is 12.1 Å². The number of ether oxygens (including phenoxy) is 1. The molecular formula is C21H16Br2ClN3O3. The van der Waals surface area contributed by atoms with Crippen molar-refractivity contribution in [1.29, 1.82) is 0 Å². The van der Waals surface area contributed by atoms with Crippen LogP contribution in [0.2, 0.25) is 5.02 Å². The molecule has 0 saturated heterocycles. The van der Waals surface area contributed by atoms with Crippen LogP contribution >= 0.6 is 43.5 Å². The normalized spacial score (nSPS) is 10.9. The Hall–Kier alpha value is -2.42. The van der Waals surface area contributed by atoms with Gasteiger partial charge in [-0.2, -0.15) is 5.10 Å². The standard InChI is InChI=1S/C21H16Br2ClN3O3/c22-18-9-15(11-25-26-12-16-3-1-2-4-20(16)24)10-19(23)21(18)30-13-14-5-7-17(8-6-14)27(28)29/h1-11,26H,12-13H2/b25-11-. The number of halogens is 3. The SMILES string of the molecule is O=[N+]([O-])c1ccc(COc2c(Br)cc(/C=N\NCc3ccccc3Cl)cc2Br)cc1. The first-order chi connectivity index (χ1) is 14.4. The average Bonchev–Trinajstić information content (AvgIpc) is 2.72. The van der Waals surface area contributed by atoms with Crippen LogP contribution < -0.4 is 10.2 Å². The molecule has 0 amide bonds. The second kappa shape index (κ2) is 10.6. The minimum Gasteiger partial charge on any atom is -0.487 e. The van der Waals surface area contributed by atoms with Crippen LogP contribution in [0.3, 0.4) is 0 Å². The van der Waals surface area contributed by atoms with Crippen molar-refractivity contribution in [3.63, 3.8) is 0 Å². The average molecular weight is 554 g/mol. The molecule has 0 aromatic heterocycles. The molecule has 0 radical (unpaired) electrons. The van der Waals surface area contributed by atoms with Gasteiger partial charge in [-0.25, -0.2) is 0 Å². The Bertz CT molecular complexity index is 1050. The fourth-order valence-corrected chi connectivity index (χ4v) is 4.21. The molecule has 30 heavy (non-hydrogen) atoms. The number of hydrogen-bond acceptors (Lipinski definition) is 5. The van der Waals surface area contributed by atoms with Crippen molar-refractivity contribution < 1.29 is 9.66 Å². The topological polar surface area (TPSA) is 76.8 Å². The predicted molar refractivity (Wildman–Crippen MR) is 125 cm³/mol. The summed E-state index contributed by atoms with van der Waals surface area (Å²) in [4.78, 5) is 10.3. The van der Waals surface area contributed by atoms with Crippen LogP contribution in [0.1, 0.15) is 16.7 Å². The van der Waals surface area contributed by atoms with Crippen molar-refractivity contribution in [3.05, 3.63) is 101 Å². The van der Waals surface area contributed by atoms with Gasteiger partial charge in [0, 0.05) is 17.2 Å². The van der Waals surface area contributed by atoms with Crippen molar-refractivity contribution in [3.8, 4) is 5.75 Å². The first kappa shape index (κ1) is 22.3. The lowest BCUT2D eigenvalue weighted by molar-refractivity contribution is -0.384. The molecule has 0 aliphatic rings. The monoisotopic (exact) mass is 551 g/mol. The molecule has 1 N–H and O–H groups in total. The van der Waals surface area contributed by atoms with Crippen LogP contribution in [-0.2, 0) is 13.2 Å². The highest BCUT2D eigenvalue weighted by Crippen LogP contribution is 2.35. The molecule has 3 aromatic carbocycles. The second-order valence-corrected chi connectivity index (χ2v) is 8.33. The van der Waals surface area contributed by atoms with Gasteiger partial charge in [-0.1, -0.05) is 29.8 Å². The summed E-state index contributed by atoms with van der Waals surface area (Å²) in [7, 11) is 0. The highest BCUT2D eigenvalue weighted by Gasteiger charge is 2.10. The molecule has 0 heterocycles. The summed E-state index contributed by atoms with van der Waals surface area (Å²) in [6.07, 6.45) is 1.70. The predicted octanol–water partition coefficient (Wildman–Crippen LogP) is 6.48. The van der Waals surface area contributed by atoms with Gasteiger partial charge in [-0.05, 0) is 78.9 Å². The number of rotatable bonds is 8. The van der Waals surface area contributed by atoms with Crippen molar-refractivity contribution in [2.75, 3.05) is 0 Å². The van der Waals surface area contributed by atoms with E-state index in [0.29, 0.717) is 17.3 Å². The molecule has 0 atom stereocenters. The lowest BCUT2D eigenvalue weighted by Crippen LogP contribution is -2.06. The number of hydrazone groups is 1. The summed E-state index contributed by atoms with van der Waals surface area (Å²) >= 11 is 13.2. The summed E-state index contributed by atoms with van der Waals surface area (Å²) in [6.45, 7) is 0.803. The van der Waals surface area contributed by atoms with Crippen molar-refractivity contribution >= 4 is 55.4 Å². The van der Waals surface area contributed by atoms with Gasteiger partial charge >= 0.3 is 0 Å². The van der Waals surface area contributed by atoms with E-state index >= 15 is 0 Å². The van der Waals surface area contributed by atoms with E-state index in [4.69, 9.17) is 16.3 Å². The number of nitro benzene ring substituents is 1. The molecule has 6 nitrogen and oxygen atoms in total. The highest BCUT2D eigenvalue weighted by atomic mass is 79.9. The molecule has 3 rings (SSSR count). The van der Waals surface area contributed by atoms with Crippen molar-refractivity contribution in [2.45, 2.75) is 13.2 Å². The Morgan fingerprint density at radius 2 is 1.77 bits per heavy atom. The zero-order valence-corrected chi connectivity index (χ0v) is 19.4. The third kappa shape index (κ3) is 6.04. The van der Waals surface area contributed by atoms with Gasteiger partial charge in [0.05, 0.1) is 26.6 Å². The number of benzene rings is 3. The molecule has 9 heteroatoms. The van der Waals surface area contributed by atoms with Gasteiger partial charge in [0.15, 0.2) is 0 Å². The Kier molecular flexibility index (Phi) is 7.84.